The fourth-order valence-corrected chi connectivity index (χ4v) is 3.63. The summed E-state index contributed by atoms with van der Waals surface area (Å²) in [6.07, 6.45) is 4.50. The summed E-state index contributed by atoms with van der Waals surface area (Å²) < 4.78 is 0. The Labute approximate surface area is 127 Å². The predicted molar refractivity (Wildman–Crippen MR) is 87.7 cm³/mol. The second-order valence-corrected chi connectivity index (χ2v) is 7.08. The quantitative estimate of drug-likeness (QED) is 0.882. The summed E-state index contributed by atoms with van der Waals surface area (Å²) in [5, 5.41) is 11.9. The van der Waals surface area contributed by atoms with Crippen LogP contribution in [-0.4, -0.2) is 10.1 Å². The van der Waals surface area contributed by atoms with E-state index in [2.05, 4.69) is 32.0 Å². The van der Waals surface area contributed by atoms with Gasteiger partial charge in [0, 0.05) is 11.1 Å². The molecule has 2 heteroatoms. The van der Waals surface area contributed by atoms with Crippen molar-refractivity contribution >= 4 is 10.9 Å². The van der Waals surface area contributed by atoms with E-state index in [1.807, 2.05) is 13.8 Å². The SMILES string of the molecule is CC(C)c1cccc2c(C(C)(C)O)c3c(nc12)CCCC3. The van der Waals surface area contributed by atoms with Gasteiger partial charge < -0.3 is 5.11 Å². The highest BCUT2D eigenvalue weighted by Gasteiger charge is 2.28. The highest BCUT2D eigenvalue weighted by Crippen LogP contribution is 2.37. The van der Waals surface area contributed by atoms with Crippen LogP contribution in [0.3, 0.4) is 0 Å². The zero-order valence-corrected chi connectivity index (χ0v) is 13.5. The minimum absolute atomic E-state index is 0.442. The van der Waals surface area contributed by atoms with E-state index in [9.17, 15) is 5.11 Å². The normalized spacial score (nSPS) is 15.5. The largest absolute Gasteiger partial charge is 0.386 e. The third kappa shape index (κ3) is 2.46. The van der Waals surface area contributed by atoms with E-state index in [4.69, 9.17) is 4.98 Å². The van der Waals surface area contributed by atoms with Crippen LogP contribution in [0.25, 0.3) is 10.9 Å². The van der Waals surface area contributed by atoms with Gasteiger partial charge in [0.05, 0.1) is 11.1 Å². The average Bonchev–Trinajstić information content (AvgIpc) is 2.42. The van der Waals surface area contributed by atoms with Gasteiger partial charge in [0.15, 0.2) is 0 Å². The third-order valence-electron chi connectivity index (χ3n) is 4.56. The molecular formula is C19H25NO. The lowest BCUT2D eigenvalue weighted by atomic mass is 9.82. The molecule has 0 aliphatic heterocycles. The van der Waals surface area contributed by atoms with Crippen molar-refractivity contribution in [3.8, 4) is 0 Å². The number of fused-ring (bicyclic) bond motifs is 2. The van der Waals surface area contributed by atoms with Crippen molar-refractivity contribution in [2.24, 2.45) is 0 Å². The number of aromatic nitrogens is 1. The summed E-state index contributed by atoms with van der Waals surface area (Å²) in [6.45, 7) is 8.22. The molecule has 2 aromatic rings. The summed E-state index contributed by atoms with van der Waals surface area (Å²) in [5.41, 5.74) is 5.15. The molecular weight excluding hydrogens is 258 g/mol. The number of aliphatic hydroxyl groups is 1. The molecule has 1 N–H and O–H groups in total. The van der Waals surface area contributed by atoms with Crippen molar-refractivity contribution in [1.82, 2.24) is 4.98 Å². The maximum Gasteiger partial charge on any atom is 0.0850 e. The Hall–Kier alpha value is -1.41. The number of nitrogens with zero attached hydrogens (tertiary/aromatic N) is 1. The smallest absolute Gasteiger partial charge is 0.0850 e. The first-order valence-corrected chi connectivity index (χ1v) is 8.07. The van der Waals surface area contributed by atoms with Crippen LogP contribution in [0.5, 0.6) is 0 Å². The Bertz CT molecular complexity index is 680. The summed E-state index contributed by atoms with van der Waals surface area (Å²) in [4.78, 5) is 5.00. The average molecular weight is 283 g/mol. The molecule has 1 aliphatic rings. The van der Waals surface area contributed by atoms with E-state index in [0.29, 0.717) is 5.92 Å². The molecule has 0 saturated carbocycles. The lowest BCUT2D eigenvalue weighted by Crippen LogP contribution is -2.22. The Morgan fingerprint density at radius 2 is 1.86 bits per heavy atom. The molecule has 1 aromatic carbocycles. The molecule has 2 nitrogen and oxygen atoms in total. The first-order chi connectivity index (χ1) is 9.89. The van der Waals surface area contributed by atoms with Crippen molar-refractivity contribution in [2.75, 3.05) is 0 Å². The number of aryl methyl sites for hydroxylation is 1. The Morgan fingerprint density at radius 3 is 2.52 bits per heavy atom. The Balaban J connectivity index is 2.42. The standard InChI is InChI=1S/C19H25NO/c1-12(2)13-9-7-10-15-17(19(3,4)21)14-8-5-6-11-16(14)20-18(13)15/h7,9-10,12,21H,5-6,8,11H2,1-4H3. The molecule has 112 valence electrons. The van der Waals surface area contributed by atoms with Gasteiger partial charge in [0.2, 0.25) is 0 Å². The number of para-hydroxylation sites is 1. The molecule has 0 saturated heterocycles. The molecule has 0 fully saturated rings. The number of benzene rings is 1. The zero-order chi connectivity index (χ0) is 15.2. The number of rotatable bonds is 2. The minimum atomic E-state index is -0.821. The maximum absolute atomic E-state index is 10.7. The van der Waals surface area contributed by atoms with Crippen molar-refractivity contribution in [1.29, 1.82) is 0 Å². The van der Waals surface area contributed by atoms with E-state index in [0.717, 1.165) is 29.3 Å². The van der Waals surface area contributed by atoms with Gasteiger partial charge in [-0.15, -0.1) is 0 Å². The fourth-order valence-electron chi connectivity index (χ4n) is 3.63. The Morgan fingerprint density at radius 1 is 1.14 bits per heavy atom. The van der Waals surface area contributed by atoms with Gasteiger partial charge in [0.25, 0.3) is 0 Å². The molecule has 21 heavy (non-hydrogen) atoms. The molecule has 0 atom stereocenters. The molecule has 0 unspecified atom stereocenters. The van der Waals surface area contributed by atoms with Gasteiger partial charge in [0.1, 0.15) is 0 Å². The highest BCUT2D eigenvalue weighted by atomic mass is 16.3. The van der Waals surface area contributed by atoms with E-state index < -0.39 is 5.60 Å². The molecule has 1 heterocycles. The van der Waals surface area contributed by atoms with Crippen LogP contribution in [0.2, 0.25) is 0 Å². The van der Waals surface area contributed by atoms with Gasteiger partial charge >= 0.3 is 0 Å². The number of hydrogen-bond acceptors (Lipinski definition) is 2. The van der Waals surface area contributed by atoms with Crippen molar-refractivity contribution in [3.05, 3.63) is 40.6 Å². The summed E-state index contributed by atoms with van der Waals surface area (Å²) in [6, 6.07) is 6.39. The minimum Gasteiger partial charge on any atom is -0.386 e. The first kappa shape index (κ1) is 14.5. The first-order valence-electron chi connectivity index (χ1n) is 8.07. The second-order valence-electron chi connectivity index (χ2n) is 7.08. The van der Waals surface area contributed by atoms with Gasteiger partial charge in [-0.05, 0) is 62.1 Å². The van der Waals surface area contributed by atoms with Crippen LogP contribution in [-0.2, 0) is 18.4 Å². The lowest BCUT2D eigenvalue weighted by molar-refractivity contribution is 0.0789. The molecule has 1 aliphatic carbocycles. The van der Waals surface area contributed by atoms with E-state index in [1.54, 1.807) is 0 Å². The van der Waals surface area contributed by atoms with Crippen LogP contribution >= 0.6 is 0 Å². The zero-order valence-electron chi connectivity index (χ0n) is 13.5. The van der Waals surface area contributed by atoms with E-state index in [-0.39, 0.29) is 0 Å². The van der Waals surface area contributed by atoms with Gasteiger partial charge in [-0.3, -0.25) is 4.98 Å². The number of hydrogen-bond donors (Lipinski definition) is 1. The molecule has 0 amide bonds. The van der Waals surface area contributed by atoms with Crippen LogP contribution in [0.1, 0.15) is 68.8 Å². The molecule has 0 bridgehead atoms. The topological polar surface area (TPSA) is 33.1 Å². The highest BCUT2D eigenvalue weighted by molar-refractivity contribution is 5.87. The predicted octanol–water partition coefficient (Wildman–Crippen LogP) is 4.46. The monoisotopic (exact) mass is 283 g/mol. The fraction of sp³-hybridized carbons (Fsp3) is 0.526. The van der Waals surface area contributed by atoms with Crippen LogP contribution in [0, 0.1) is 0 Å². The number of pyridine rings is 1. The van der Waals surface area contributed by atoms with Gasteiger partial charge in [-0.1, -0.05) is 32.0 Å². The molecule has 0 spiro atoms. The third-order valence-corrected chi connectivity index (χ3v) is 4.56. The second kappa shape index (κ2) is 5.10. The molecule has 1 aromatic heterocycles. The summed E-state index contributed by atoms with van der Waals surface area (Å²) >= 11 is 0. The van der Waals surface area contributed by atoms with Crippen LogP contribution < -0.4 is 0 Å². The van der Waals surface area contributed by atoms with Crippen molar-refractivity contribution in [2.45, 2.75) is 64.9 Å². The van der Waals surface area contributed by atoms with E-state index >= 15 is 0 Å². The summed E-state index contributed by atoms with van der Waals surface area (Å²) in [5.74, 6) is 0.442. The van der Waals surface area contributed by atoms with Crippen LogP contribution in [0.15, 0.2) is 18.2 Å². The maximum atomic E-state index is 10.7. The summed E-state index contributed by atoms with van der Waals surface area (Å²) in [7, 11) is 0. The van der Waals surface area contributed by atoms with E-state index in [1.165, 1.54) is 29.7 Å². The molecule has 3 rings (SSSR count). The van der Waals surface area contributed by atoms with Crippen molar-refractivity contribution in [3.63, 3.8) is 0 Å². The molecule has 0 radical (unpaired) electrons. The van der Waals surface area contributed by atoms with Gasteiger partial charge in [-0.2, -0.15) is 0 Å². The van der Waals surface area contributed by atoms with Crippen LogP contribution in [0.4, 0.5) is 0 Å². The Kier molecular flexibility index (Phi) is 3.53. The lowest BCUT2D eigenvalue weighted by Gasteiger charge is -2.28. The van der Waals surface area contributed by atoms with Crippen molar-refractivity contribution < 1.29 is 5.11 Å². The van der Waals surface area contributed by atoms with Gasteiger partial charge in [-0.25, -0.2) is 0 Å².